The summed E-state index contributed by atoms with van der Waals surface area (Å²) >= 11 is 0. The highest BCUT2D eigenvalue weighted by Gasteiger charge is 2.26. The first-order valence-corrected chi connectivity index (χ1v) is 7.28. The fourth-order valence-electron chi connectivity index (χ4n) is 2.74. The van der Waals surface area contributed by atoms with Crippen molar-refractivity contribution in [3.63, 3.8) is 0 Å². The Hall–Kier alpha value is -1.50. The maximum atomic E-state index is 12.1. The maximum Gasteiger partial charge on any atom is 0.242 e. The van der Waals surface area contributed by atoms with Crippen LogP contribution in [-0.4, -0.2) is 43.9 Å². The third kappa shape index (κ3) is 3.53. The van der Waals surface area contributed by atoms with E-state index in [-0.39, 0.29) is 36.9 Å². The van der Waals surface area contributed by atoms with Gasteiger partial charge >= 0.3 is 0 Å². The van der Waals surface area contributed by atoms with Gasteiger partial charge in [-0.05, 0) is 23.3 Å². The number of nitrogens with zero attached hydrogens (tertiary/aromatic N) is 4. The molecule has 7 nitrogen and oxygen atoms in total. The van der Waals surface area contributed by atoms with Crippen molar-refractivity contribution >= 4 is 5.91 Å². The van der Waals surface area contributed by atoms with Gasteiger partial charge in [-0.3, -0.25) is 4.79 Å². The van der Waals surface area contributed by atoms with Gasteiger partial charge in [0.25, 0.3) is 0 Å². The van der Waals surface area contributed by atoms with E-state index in [2.05, 4.69) is 20.8 Å². The minimum atomic E-state index is -0.0930. The van der Waals surface area contributed by atoms with Crippen LogP contribution in [-0.2, 0) is 11.3 Å². The number of aromatic nitrogens is 4. The second-order valence-corrected chi connectivity index (χ2v) is 5.75. The quantitative estimate of drug-likeness (QED) is 0.818. The lowest BCUT2D eigenvalue weighted by Gasteiger charge is -2.30. The molecule has 0 radical (unpaired) electrons. The molecule has 112 valence electrons. The zero-order chi connectivity index (χ0) is 14.5. The molecule has 0 spiro atoms. The minimum absolute atomic E-state index is 0.0697. The molecule has 2 atom stereocenters. The van der Waals surface area contributed by atoms with Gasteiger partial charge in [0.2, 0.25) is 5.91 Å². The fraction of sp³-hybridized carbons (Fsp3) is 0.846. The van der Waals surface area contributed by atoms with Gasteiger partial charge in [0.05, 0.1) is 0 Å². The van der Waals surface area contributed by atoms with Crippen molar-refractivity contribution in [1.82, 2.24) is 25.5 Å². The predicted octanol–water partition coefficient (Wildman–Crippen LogP) is 0.464. The topological polar surface area (TPSA) is 92.9 Å². The van der Waals surface area contributed by atoms with Crippen LogP contribution in [0.5, 0.6) is 0 Å². The Morgan fingerprint density at radius 1 is 1.45 bits per heavy atom. The summed E-state index contributed by atoms with van der Waals surface area (Å²) in [7, 11) is 0. The molecular weight excluding hydrogens is 258 g/mol. The lowest BCUT2D eigenvalue weighted by Crippen LogP contribution is -2.44. The number of carbonyl (C=O) groups is 1. The molecule has 0 saturated heterocycles. The van der Waals surface area contributed by atoms with Crippen LogP contribution in [0.3, 0.4) is 0 Å². The summed E-state index contributed by atoms with van der Waals surface area (Å²) in [4.78, 5) is 12.1. The van der Waals surface area contributed by atoms with Gasteiger partial charge in [0.1, 0.15) is 6.54 Å². The van der Waals surface area contributed by atoms with E-state index in [0.29, 0.717) is 5.82 Å². The molecule has 0 bridgehead atoms. The van der Waals surface area contributed by atoms with E-state index in [0.717, 1.165) is 25.7 Å². The largest absolute Gasteiger partial charge is 0.396 e. The molecular formula is C13H23N5O2. The third-order valence-electron chi connectivity index (χ3n) is 3.86. The average molecular weight is 281 g/mol. The number of aliphatic hydroxyl groups excluding tert-OH is 1. The Labute approximate surface area is 118 Å². The average Bonchev–Trinajstić information content (AvgIpc) is 2.87. The number of nitrogens with one attached hydrogen (secondary N) is 1. The zero-order valence-electron chi connectivity index (χ0n) is 12.1. The minimum Gasteiger partial charge on any atom is -0.396 e. The third-order valence-corrected chi connectivity index (χ3v) is 3.86. The van der Waals surface area contributed by atoms with Crippen molar-refractivity contribution in [2.45, 2.75) is 58.0 Å². The van der Waals surface area contributed by atoms with Crippen LogP contribution in [0.1, 0.15) is 51.3 Å². The van der Waals surface area contributed by atoms with E-state index >= 15 is 0 Å². The number of hydrogen-bond donors (Lipinski definition) is 2. The summed E-state index contributed by atoms with van der Waals surface area (Å²) in [5.74, 6) is 0.968. The van der Waals surface area contributed by atoms with E-state index in [1.807, 2.05) is 13.8 Å². The van der Waals surface area contributed by atoms with Crippen LogP contribution >= 0.6 is 0 Å². The molecule has 2 N–H and O–H groups in total. The number of tetrazole rings is 1. The first kappa shape index (κ1) is 14.9. The Morgan fingerprint density at radius 3 is 2.90 bits per heavy atom. The summed E-state index contributed by atoms with van der Waals surface area (Å²) < 4.78 is 1.54. The van der Waals surface area contributed by atoms with Crippen LogP contribution in [0.25, 0.3) is 0 Å². The van der Waals surface area contributed by atoms with Gasteiger partial charge in [-0.2, -0.15) is 0 Å². The monoisotopic (exact) mass is 281 g/mol. The van der Waals surface area contributed by atoms with Crippen molar-refractivity contribution in [3.05, 3.63) is 5.82 Å². The summed E-state index contributed by atoms with van der Waals surface area (Å²) in [6.07, 6.45) is 4.14. The Kier molecular flexibility index (Phi) is 5.05. The van der Waals surface area contributed by atoms with Crippen molar-refractivity contribution in [2.24, 2.45) is 5.92 Å². The first-order valence-electron chi connectivity index (χ1n) is 7.28. The van der Waals surface area contributed by atoms with Gasteiger partial charge < -0.3 is 10.4 Å². The van der Waals surface area contributed by atoms with Gasteiger partial charge in [-0.25, -0.2) is 4.68 Å². The fourth-order valence-corrected chi connectivity index (χ4v) is 2.74. The van der Waals surface area contributed by atoms with E-state index in [9.17, 15) is 9.90 Å². The van der Waals surface area contributed by atoms with Crippen molar-refractivity contribution in [3.8, 4) is 0 Å². The SMILES string of the molecule is CC(C)c1nnnn1CC(=O)NC1CCCCC1CO. The summed E-state index contributed by atoms with van der Waals surface area (Å²) in [5, 5.41) is 23.8. The first-order chi connectivity index (χ1) is 9.61. The van der Waals surface area contributed by atoms with Crippen LogP contribution in [0.4, 0.5) is 0 Å². The predicted molar refractivity (Wildman–Crippen MR) is 72.9 cm³/mol. The zero-order valence-corrected chi connectivity index (χ0v) is 12.1. The lowest BCUT2D eigenvalue weighted by atomic mass is 9.85. The Morgan fingerprint density at radius 2 is 2.20 bits per heavy atom. The molecule has 1 fully saturated rings. The molecule has 20 heavy (non-hydrogen) atoms. The number of hydrogen-bond acceptors (Lipinski definition) is 5. The Bertz CT molecular complexity index is 446. The molecule has 1 aliphatic carbocycles. The summed E-state index contributed by atoms with van der Waals surface area (Å²) in [5.41, 5.74) is 0. The number of aliphatic hydroxyl groups is 1. The van der Waals surface area contributed by atoms with Crippen molar-refractivity contribution < 1.29 is 9.90 Å². The highest BCUT2D eigenvalue weighted by molar-refractivity contribution is 5.76. The van der Waals surface area contributed by atoms with Gasteiger partial charge in [0, 0.05) is 24.5 Å². The molecule has 7 heteroatoms. The van der Waals surface area contributed by atoms with Crippen LogP contribution < -0.4 is 5.32 Å². The molecule has 2 unspecified atom stereocenters. The number of carbonyl (C=O) groups excluding carboxylic acids is 1. The highest BCUT2D eigenvalue weighted by atomic mass is 16.3. The van der Waals surface area contributed by atoms with Crippen LogP contribution in [0.2, 0.25) is 0 Å². The van der Waals surface area contributed by atoms with E-state index in [1.54, 1.807) is 0 Å². The molecule has 1 amide bonds. The van der Waals surface area contributed by atoms with Crippen LogP contribution in [0, 0.1) is 5.92 Å². The molecule has 1 aromatic heterocycles. The van der Waals surface area contributed by atoms with E-state index < -0.39 is 0 Å². The van der Waals surface area contributed by atoms with Gasteiger partial charge in [-0.15, -0.1) is 5.10 Å². The molecule has 1 aromatic rings. The van der Waals surface area contributed by atoms with E-state index in [4.69, 9.17) is 0 Å². The highest BCUT2D eigenvalue weighted by Crippen LogP contribution is 2.23. The second-order valence-electron chi connectivity index (χ2n) is 5.75. The van der Waals surface area contributed by atoms with Gasteiger partial charge in [-0.1, -0.05) is 26.7 Å². The standard InChI is InChI=1S/C13H23N5O2/c1-9(2)13-15-16-17-18(13)7-12(20)14-11-6-4-3-5-10(11)8-19/h9-11,19H,3-8H2,1-2H3,(H,14,20). The molecule has 2 rings (SSSR count). The Balaban J connectivity index is 1.93. The molecule has 1 heterocycles. The lowest BCUT2D eigenvalue weighted by molar-refractivity contribution is -0.123. The molecule has 1 aliphatic rings. The smallest absolute Gasteiger partial charge is 0.242 e. The second kappa shape index (κ2) is 6.78. The number of amides is 1. The normalized spacial score (nSPS) is 23.0. The van der Waals surface area contributed by atoms with E-state index in [1.165, 1.54) is 4.68 Å². The maximum absolute atomic E-state index is 12.1. The number of rotatable bonds is 5. The molecule has 0 aromatic carbocycles. The van der Waals surface area contributed by atoms with Crippen molar-refractivity contribution in [2.75, 3.05) is 6.61 Å². The summed E-state index contributed by atoms with van der Waals surface area (Å²) in [6, 6.07) is 0.0697. The molecule has 0 aliphatic heterocycles. The van der Waals surface area contributed by atoms with Crippen LogP contribution in [0.15, 0.2) is 0 Å². The summed E-state index contributed by atoms with van der Waals surface area (Å²) in [6.45, 7) is 4.24. The van der Waals surface area contributed by atoms with Gasteiger partial charge in [0.15, 0.2) is 5.82 Å². The molecule has 1 saturated carbocycles. The van der Waals surface area contributed by atoms with Crippen molar-refractivity contribution in [1.29, 1.82) is 0 Å².